The highest BCUT2D eigenvalue weighted by molar-refractivity contribution is 4.87. The van der Waals surface area contributed by atoms with E-state index in [1.165, 1.54) is 32.1 Å². The van der Waals surface area contributed by atoms with Crippen LogP contribution in [0.4, 0.5) is 0 Å². The first-order valence-corrected chi connectivity index (χ1v) is 7.55. The lowest BCUT2D eigenvalue weighted by atomic mass is 9.73. The summed E-state index contributed by atoms with van der Waals surface area (Å²) in [4.78, 5) is 0. The summed E-state index contributed by atoms with van der Waals surface area (Å²) < 4.78 is 5.72. The molecule has 2 heteroatoms. The third-order valence-electron chi connectivity index (χ3n) is 4.99. The number of aliphatic hydroxyl groups is 1. The highest BCUT2D eigenvalue weighted by Crippen LogP contribution is 2.38. The molecule has 5 atom stereocenters. The van der Waals surface area contributed by atoms with Gasteiger partial charge in [0.1, 0.15) is 0 Å². The Balaban J connectivity index is 1.91. The molecule has 1 N–H and O–H groups in total. The van der Waals surface area contributed by atoms with Gasteiger partial charge < -0.3 is 9.84 Å². The number of aliphatic hydroxyl groups excluding tert-OH is 1. The van der Waals surface area contributed by atoms with Crippen LogP contribution in [0.2, 0.25) is 0 Å². The van der Waals surface area contributed by atoms with Crippen LogP contribution in [0.5, 0.6) is 0 Å². The van der Waals surface area contributed by atoms with Crippen molar-refractivity contribution in [3.63, 3.8) is 0 Å². The van der Waals surface area contributed by atoms with Gasteiger partial charge in [-0.2, -0.15) is 0 Å². The first-order valence-electron chi connectivity index (χ1n) is 7.55. The van der Waals surface area contributed by atoms with E-state index < -0.39 is 0 Å². The van der Waals surface area contributed by atoms with Crippen LogP contribution in [0.15, 0.2) is 0 Å². The molecule has 0 radical (unpaired) electrons. The molecule has 2 aliphatic rings. The Morgan fingerprint density at radius 2 is 2.00 bits per heavy atom. The van der Waals surface area contributed by atoms with Crippen molar-refractivity contribution in [2.24, 2.45) is 17.8 Å². The van der Waals surface area contributed by atoms with Crippen LogP contribution in [0.25, 0.3) is 0 Å². The zero-order chi connectivity index (χ0) is 12.3. The van der Waals surface area contributed by atoms with Gasteiger partial charge in [0.15, 0.2) is 0 Å². The molecule has 17 heavy (non-hydrogen) atoms. The predicted molar refractivity (Wildman–Crippen MR) is 69.9 cm³/mol. The maximum Gasteiger partial charge on any atom is 0.0626 e. The Kier molecular flexibility index (Phi) is 4.87. The van der Waals surface area contributed by atoms with Crippen molar-refractivity contribution in [3.8, 4) is 0 Å². The molecule has 1 aliphatic heterocycles. The molecule has 1 saturated heterocycles. The average molecular weight is 240 g/mol. The summed E-state index contributed by atoms with van der Waals surface area (Å²) in [7, 11) is 0. The second-order valence-electron chi connectivity index (χ2n) is 5.96. The highest BCUT2D eigenvalue weighted by Gasteiger charge is 2.38. The van der Waals surface area contributed by atoms with E-state index in [1.54, 1.807) is 0 Å². The van der Waals surface area contributed by atoms with Crippen LogP contribution in [0.3, 0.4) is 0 Å². The molecule has 0 aromatic carbocycles. The topological polar surface area (TPSA) is 29.5 Å². The summed E-state index contributed by atoms with van der Waals surface area (Å²) in [6.07, 6.45) is 8.74. The van der Waals surface area contributed by atoms with Gasteiger partial charge in [-0.05, 0) is 37.5 Å². The molecule has 0 aromatic heterocycles. The number of rotatable bonds is 4. The largest absolute Gasteiger partial charge is 0.392 e. The van der Waals surface area contributed by atoms with E-state index in [2.05, 4.69) is 13.8 Å². The maximum atomic E-state index is 10.6. The lowest BCUT2D eigenvalue weighted by Gasteiger charge is -2.35. The lowest BCUT2D eigenvalue weighted by Crippen LogP contribution is -2.36. The van der Waals surface area contributed by atoms with Gasteiger partial charge in [-0.1, -0.05) is 33.1 Å². The fourth-order valence-electron chi connectivity index (χ4n) is 3.84. The molecule has 1 aliphatic carbocycles. The predicted octanol–water partition coefficient (Wildman–Crippen LogP) is 3.38. The second kappa shape index (κ2) is 6.19. The molecule has 0 aromatic rings. The fourth-order valence-corrected chi connectivity index (χ4v) is 3.84. The number of hydrogen-bond acceptors (Lipinski definition) is 2. The second-order valence-corrected chi connectivity index (χ2v) is 5.96. The van der Waals surface area contributed by atoms with Gasteiger partial charge >= 0.3 is 0 Å². The van der Waals surface area contributed by atoms with Crippen molar-refractivity contribution in [1.82, 2.24) is 0 Å². The van der Waals surface area contributed by atoms with Crippen LogP contribution in [0, 0.1) is 17.8 Å². The normalized spacial score (nSPS) is 40.4. The quantitative estimate of drug-likeness (QED) is 0.816. The van der Waals surface area contributed by atoms with Crippen molar-refractivity contribution < 1.29 is 9.84 Å². The molecular formula is C15H28O2. The maximum absolute atomic E-state index is 10.6. The minimum atomic E-state index is -0.114. The van der Waals surface area contributed by atoms with E-state index in [0.29, 0.717) is 17.9 Å². The van der Waals surface area contributed by atoms with Crippen LogP contribution in [0.1, 0.15) is 58.8 Å². The number of hydrogen-bond donors (Lipinski definition) is 1. The van der Waals surface area contributed by atoms with Gasteiger partial charge in [0.2, 0.25) is 0 Å². The summed E-state index contributed by atoms with van der Waals surface area (Å²) in [5.74, 6) is 1.79. The Hall–Kier alpha value is -0.0800. The van der Waals surface area contributed by atoms with Crippen molar-refractivity contribution in [2.45, 2.75) is 71.0 Å². The monoisotopic (exact) mass is 240 g/mol. The molecule has 0 amide bonds. The van der Waals surface area contributed by atoms with E-state index in [-0.39, 0.29) is 6.10 Å². The SMILES string of the molecule is CCC1CCCC(C(O)C2CCOC2CC)C1. The standard InChI is InChI=1S/C15H28O2/c1-3-11-6-5-7-12(10-11)15(16)13-8-9-17-14(13)4-2/h11-16H,3-10H2,1-2H3. The molecule has 0 bridgehead atoms. The van der Waals surface area contributed by atoms with E-state index in [9.17, 15) is 5.11 Å². The van der Waals surface area contributed by atoms with Crippen LogP contribution >= 0.6 is 0 Å². The van der Waals surface area contributed by atoms with Gasteiger partial charge in [-0.3, -0.25) is 0 Å². The van der Waals surface area contributed by atoms with Crippen LogP contribution in [-0.4, -0.2) is 23.9 Å². The molecule has 1 heterocycles. The Labute approximate surface area is 106 Å². The van der Waals surface area contributed by atoms with Crippen molar-refractivity contribution in [1.29, 1.82) is 0 Å². The first-order chi connectivity index (χ1) is 8.26. The highest BCUT2D eigenvalue weighted by atomic mass is 16.5. The molecule has 0 spiro atoms. The van der Waals surface area contributed by atoms with Crippen LogP contribution < -0.4 is 0 Å². The summed E-state index contributed by atoms with van der Waals surface area (Å²) >= 11 is 0. The molecule has 1 saturated carbocycles. The minimum absolute atomic E-state index is 0.114. The fraction of sp³-hybridized carbons (Fsp3) is 1.00. The third-order valence-corrected chi connectivity index (χ3v) is 4.99. The summed E-state index contributed by atoms with van der Waals surface area (Å²) in [6, 6.07) is 0. The van der Waals surface area contributed by atoms with E-state index in [4.69, 9.17) is 4.74 Å². The first kappa shape index (κ1) is 13.4. The third kappa shape index (κ3) is 3.03. The van der Waals surface area contributed by atoms with Gasteiger partial charge in [0.25, 0.3) is 0 Å². The molecular weight excluding hydrogens is 212 g/mol. The Morgan fingerprint density at radius 3 is 2.71 bits per heavy atom. The Morgan fingerprint density at radius 1 is 1.18 bits per heavy atom. The van der Waals surface area contributed by atoms with Gasteiger partial charge in [-0.15, -0.1) is 0 Å². The van der Waals surface area contributed by atoms with Crippen molar-refractivity contribution >= 4 is 0 Å². The smallest absolute Gasteiger partial charge is 0.0626 e. The molecule has 2 rings (SSSR count). The Bertz CT molecular complexity index is 229. The van der Waals surface area contributed by atoms with Crippen molar-refractivity contribution in [2.75, 3.05) is 6.61 Å². The molecule has 2 nitrogen and oxygen atoms in total. The molecule has 2 fully saturated rings. The van der Waals surface area contributed by atoms with E-state index in [1.807, 2.05) is 0 Å². The minimum Gasteiger partial charge on any atom is -0.392 e. The molecule has 5 unspecified atom stereocenters. The summed E-state index contributed by atoms with van der Waals surface area (Å²) in [6.45, 7) is 5.31. The van der Waals surface area contributed by atoms with Gasteiger partial charge in [-0.25, -0.2) is 0 Å². The summed E-state index contributed by atoms with van der Waals surface area (Å²) in [5.41, 5.74) is 0. The van der Waals surface area contributed by atoms with E-state index in [0.717, 1.165) is 25.4 Å². The van der Waals surface area contributed by atoms with E-state index >= 15 is 0 Å². The lowest BCUT2D eigenvalue weighted by molar-refractivity contribution is -0.0140. The van der Waals surface area contributed by atoms with Crippen LogP contribution in [-0.2, 0) is 4.74 Å². The van der Waals surface area contributed by atoms with Gasteiger partial charge in [0.05, 0.1) is 12.2 Å². The summed E-state index contributed by atoms with van der Waals surface area (Å²) in [5, 5.41) is 10.6. The number of ether oxygens (including phenoxy) is 1. The average Bonchev–Trinajstić information content (AvgIpc) is 2.86. The van der Waals surface area contributed by atoms with Gasteiger partial charge in [0, 0.05) is 12.5 Å². The zero-order valence-corrected chi connectivity index (χ0v) is 11.4. The van der Waals surface area contributed by atoms with Crippen molar-refractivity contribution in [3.05, 3.63) is 0 Å². The zero-order valence-electron chi connectivity index (χ0n) is 11.4. The molecule has 100 valence electrons.